The summed E-state index contributed by atoms with van der Waals surface area (Å²) in [5, 5.41) is 23.8. The maximum atomic E-state index is 11.2. The molecular weight excluding hydrogens is 398 g/mol. The van der Waals surface area contributed by atoms with Crippen molar-refractivity contribution in [2.45, 2.75) is 38.7 Å². The second kappa shape index (κ2) is 7.70. The number of rotatable bonds is 5. The molecule has 0 radical (unpaired) electrons. The molecule has 154 valence electrons. The van der Waals surface area contributed by atoms with Crippen molar-refractivity contribution in [1.82, 2.24) is 4.98 Å². The van der Waals surface area contributed by atoms with Crippen LogP contribution in [0, 0.1) is 0 Å². The van der Waals surface area contributed by atoms with Crippen LogP contribution in [0.15, 0.2) is 58.3 Å². The van der Waals surface area contributed by atoms with E-state index in [1.807, 2.05) is 18.2 Å². The lowest BCUT2D eigenvalue weighted by molar-refractivity contribution is -0.136. The minimum Gasteiger partial charge on any atom is -0.481 e. The van der Waals surface area contributed by atoms with Crippen molar-refractivity contribution in [2.75, 3.05) is 0 Å². The lowest BCUT2D eigenvalue weighted by Crippen LogP contribution is -2.11. The first-order chi connectivity index (χ1) is 14.2. The fraction of sp³-hybridized carbons (Fsp3) is 0.250. The van der Waals surface area contributed by atoms with Crippen molar-refractivity contribution in [2.24, 2.45) is 0 Å². The molecule has 0 aliphatic carbocycles. The van der Waals surface area contributed by atoms with Crippen molar-refractivity contribution in [3.8, 4) is 10.8 Å². The summed E-state index contributed by atoms with van der Waals surface area (Å²) in [5.74, 6) is -0.230. The lowest BCUT2D eigenvalue weighted by atomic mass is 9.93. The van der Waals surface area contributed by atoms with Gasteiger partial charge in [-0.25, -0.2) is 4.98 Å². The highest BCUT2D eigenvalue weighted by Gasteiger charge is 2.20. The third-order valence-corrected chi connectivity index (χ3v) is 5.89. The van der Waals surface area contributed by atoms with Gasteiger partial charge in [-0.05, 0) is 34.9 Å². The van der Waals surface area contributed by atoms with Crippen LogP contribution in [0.4, 0.5) is 0 Å². The van der Waals surface area contributed by atoms with Gasteiger partial charge in [-0.15, -0.1) is 11.3 Å². The van der Waals surface area contributed by atoms with Gasteiger partial charge < -0.3 is 14.6 Å². The van der Waals surface area contributed by atoms with Crippen LogP contribution < -0.4 is 0 Å². The Morgan fingerprint density at radius 1 is 1.17 bits per heavy atom. The van der Waals surface area contributed by atoms with E-state index >= 15 is 0 Å². The lowest BCUT2D eigenvalue weighted by Gasteiger charge is -2.15. The number of aromatic nitrogens is 1. The Labute approximate surface area is 178 Å². The average Bonchev–Trinajstić information content (AvgIpc) is 3.33. The number of aliphatic hydroxyl groups is 1. The van der Waals surface area contributed by atoms with Crippen LogP contribution in [0.25, 0.3) is 21.7 Å². The maximum absolute atomic E-state index is 11.2. The Morgan fingerprint density at radius 2 is 1.93 bits per heavy atom. The average molecular weight is 422 g/mol. The van der Waals surface area contributed by atoms with Crippen LogP contribution in [0.5, 0.6) is 0 Å². The normalized spacial score (nSPS) is 12.9. The molecule has 2 aromatic heterocycles. The molecule has 4 aromatic rings. The third kappa shape index (κ3) is 4.01. The second-order valence-corrected chi connectivity index (χ2v) is 9.23. The van der Waals surface area contributed by atoms with E-state index in [1.165, 1.54) is 0 Å². The Hall–Kier alpha value is -2.96. The summed E-state index contributed by atoms with van der Waals surface area (Å²) >= 11 is 1.55. The molecule has 0 amide bonds. The van der Waals surface area contributed by atoms with E-state index in [0.717, 1.165) is 16.1 Å². The van der Waals surface area contributed by atoms with Gasteiger partial charge in [0.1, 0.15) is 11.7 Å². The molecule has 0 bridgehead atoms. The summed E-state index contributed by atoms with van der Waals surface area (Å²) in [6.45, 7) is 6.38. The van der Waals surface area contributed by atoms with Gasteiger partial charge in [0, 0.05) is 16.2 Å². The van der Waals surface area contributed by atoms with Crippen LogP contribution in [-0.4, -0.2) is 21.2 Å². The monoisotopic (exact) mass is 421 g/mol. The number of hydrogen-bond donors (Lipinski definition) is 2. The van der Waals surface area contributed by atoms with Crippen molar-refractivity contribution in [3.63, 3.8) is 0 Å². The van der Waals surface area contributed by atoms with Gasteiger partial charge in [-0.2, -0.15) is 0 Å². The third-order valence-electron chi connectivity index (χ3n) is 5.03. The zero-order chi connectivity index (χ0) is 21.5. The Balaban J connectivity index is 1.68. The molecule has 0 spiro atoms. The number of fused-ring (bicyclic) bond motifs is 1. The highest BCUT2D eigenvalue weighted by molar-refractivity contribution is 7.13. The first kappa shape index (κ1) is 20.3. The molecule has 2 heterocycles. The van der Waals surface area contributed by atoms with Gasteiger partial charge in [0.25, 0.3) is 0 Å². The first-order valence-corrected chi connectivity index (χ1v) is 10.6. The Kier molecular flexibility index (Phi) is 5.22. The van der Waals surface area contributed by atoms with Crippen LogP contribution in [-0.2, 0) is 16.6 Å². The highest BCUT2D eigenvalue weighted by atomic mass is 32.1. The van der Waals surface area contributed by atoms with Crippen LogP contribution >= 0.6 is 11.3 Å². The molecule has 0 aliphatic heterocycles. The number of benzene rings is 2. The van der Waals surface area contributed by atoms with E-state index in [2.05, 4.69) is 26.2 Å². The fourth-order valence-electron chi connectivity index (χ4n) is 3.37. The van der Waals surface area contributed by atoms with E-state index in [0.29, 0.717) is 28.0 Å². The molecule has 6 heteroatoms. The summed E-state index contributed by atoms with van der Waals surface area (Å²) in [6.07, 6.45) is -1.05. The number of furan rings is 1. The number of thiazole rings is 1. The van der Waals surface area contributed by atoms with Crippen LogP contribution in [0.3, 0.4) is 0 Å². The second-order valence-electron chi connectivity index (χ2n) is 8.37. The molecule has 2 aromatic carbocycles. The molecule has 5 nitrogen and oxygen atoms in total. The zero-order valence-electron chi connectivity index (χ0n) is 17.0. The topological polar surface area (TPSA) is 83.6 Å². The van der Waals surface area contributed by atoms with Crippen molar-refractivity contribution in [1.29, 1.82) is 0 Å². The summed E-state index contributed by atoms with van der Waals surface area (Å²) in [6, 6.07) is 14.5. The SMILES string of the molecule is CC(C)(C)c1csc(-c2cc3cc(C(O)c4ccccc4CC(=O)O)ccc3o2)n1. The van der Waals surface area contributed by atoms with Gasteiger partial charge in [0.2, 0.25) is 0 Å². The van der Waals surface area contributed by atoms with E-state index < -0.39 is 12.1 Å². The summed E-state index contributed by atoms with van der Waals surface area (Å²) < 4.78 is 5.99. The summed E-state index contributed by atoms with van der Waals surface area (Å²) in [7, 11) is 0. The number of carboxylic acids is 1. The largest absolute Gasteiger partial charge is 0.481 e. The Morgan fingerprint density at radius 3 is 2.63 bits per heavy atom. The molecular formula is C24H23NO4S. The molecule has 0 fully saturated rings. The molecule has 1 unspecified atom stereocenters. The van der Waals surface area contributed by atoms with E-state index in [-0.39, 0.29) is 11.8 Å². The molecule has 2 N–H and O–H groups in total. The smallest absolute Gasteiger partial charge is 0.307 e. The molecule has 4 rings (SSSR count). The highest BCUT2D eigenvalue weighted by Crippen LogP contribution is 2.35. The number of aliphatic carboxylic acids is 1. The quantitative estimate of drug-likeness (QED) is 0.441. The number of carboxylic acid groups (broad SMARTS) is 1. The van der Waals surface area contributed by atoms with E-state index in [4.69, 9.17) is 14.5 Å². The number of nitrogens with zero attached hydrogens (tertiary/aromatic N) is 1. The fourth-order valence-corrected chi connectivity index (χ4v) is 4.37. The maximum Gasteiger partial charge on any atom is 0.307 e. The molecule has 0 aliphatic rings. The van der Waals surface area contributed by atoms with Crippen molar-refractivity contribution in [3.05, 3.63) is 76.3 Å². The summed E-state index contributed by atoms with van der Waals surface area (Å²) in [4.78, 5) is 15.9. The van der Waals surface area contributed by atoms with E-state index in [1.54, 1.807) is 41.7 Å². The summed E-state index contributed by atoms with van der Waals surface area (Å²) in [5.41, 5.74) is 3.59. The molecule has 1 atom stereocenters. The predicted molar refractivity (Wildman–Crippen MR) is 118 cm³/mol. The van der Waals surface area contributed by atoms with Crippen LogP contribution in [0.1, 0.15) is 49.3 Å². The van der Waals surface area contributed by atoms with Gasteiger partial charge >= 0.3 is 5.97 Å². The minimum absolute atomic E-state index is 0.0264. The van der Waals surface area contributed by atoms with E-state index in [9.17, 15) is 9.90 Å². The molecule has 0 saturated heterocycles. The number of aliphatic hydroxyl groups excluding tert-OH is 1. The van der Waals surface area contributed by atoms with Crippen LogP contribution in [0.2, 0.25) is 0 Å². The minimum atomic E-state index is -0.928. The first-order valence-electron chi connectivity index (χ1n) is 9.70. The molecule has 30 heavy (non-hydrogen) atoms. The van der Waals surface area contributed by atoms with Gasteiger partial charge in [0.15, 0.2) is 10.8 Å². The van der Waals surface area contributed by atoms with Crippen molar-refractivity contribution >= 4 is 28.3 Å². The number of hydrogen-bond acceptors (Lipinski definition) is 5. The zero-order valence-corrected chi connectivity index (χ0v) is 17.9. The standard InChI is InChI=1S/C24H23NO4S/c1-24(2,3)20-13-30-23(25-20)19-11-16-10-15(8-9-18(16)29-19)22(28)17-7-5-4-6-14(17)12-21(26)27/h4-11,13,22,28H,12H2,1-3H3,(H,26,27). The van der Waals surface area contributed by atoms with Gasteiger partial charge in [-0.3, -0.25) is 4.79 Å². The Bertz CT molecular complexity index is 1220. The predicted octanol–water partition coefficient (Wildman–Crippen LogP) is 5.56. The molecule has 0 saturated carbocycles. The van der Waals surface area contributed by atoms with Gasteiger partial charge in [-0.1, -0.05) is 51.1 Å². The number of carbonyl (C=O) groups is 1. The van der Waals surface area contributed by atoms with Gasteiger partial charge in [0.05, 0.1) is 12.1 Å². The van der Waals surface area contributed by atoms with Crippen molar-refractivity contribution < 1.29 is 19.4 Å².